The van der Waals surface area contributed by atoms with Crippen molar-refractivity contribution in [1.29, 1.82) is 0 Å². The van der Waals surface area contributed by atoms with Crippen molar-refractivity contribution in [3.8, 4) is 0 Å². The van der Waals surface area contributed by atoms with E-state index >= 15 is 0 Å². The summed E-state index contributed by atoms with van der Waals surface area (Å²) in [5, 5.41) is 8.22. The van der Waals surface area contributed by atoms with Gasteiger partial charge in [-0.1, -0.05) is 32.4 Å². The molecule has 0 atom stereocenters. The van der Waals surface area contributed by atoms with Crippen molar-refractivity contribution in [3.05, 3.63) is 11.9 Å². The van der Waals surface area contributed by atoms with Gasteiger partial charge in [-0.3, -0.25) is 4.79 Å². The van der Waals surface area contributed by atoms with Crippen LogP contribution in [0.3, 0.4) is 0 Å². The summed E-state index contributed by atoms with van der Waals surface area (Å²) in [5.41, 5.74) is 1.04. The third-order valence-corrected chi connectivity index (χ3v) is 3.72. The first-order valence-corrected chi connectivity index (χ1v) is 9.28. The maximum Gasteiger partial charge on any atom is 0.137 e. The molecule has 7 nitrogen and oxygen atoms in total. The fourth-order valence-electron chi connectivity index (χ4n) is 2.08. The molecular formula is C18H33N3O4. The van der Waals surface area contributed by atoms with Crippen LogP contribution in [0.1, 0.15) is 45.7 Å². The fraction of sp³-hybridized carbons (Fsp3) is 0.833. The summed E-state index contributed by atoms with van der Waals surface area (Å²) in [7, 11) is 0. The molecule has 0 unspecified atom stereocenters. The number of ether oxygens (including phenoxy) is 3. The molecule has 0 saturated heterocycles. The second kappa shape index (κ2) is 13.9. The van der Waals surface area contributed by atoms with Gasteiger partial charge in [-0.15, -0.1) is 5.10 Å². The van der Waals surface area contributed by atoms with Gasteiger partial charge < -0.3 is 14.2 Å². The molecule has 0 aliphatic carbocycles. The minimum Gasteiger partial charge on any atom is -0.379 e. The lowest BCUT2D eigenvalue weighted by molar-refractivity contribution is -0.123. The Hall–Kier alpha value is -1.31. The van der Waals surface area contributed by atoms with Crippen molar-refractivity contribution in [2.24, 2.45) is 5.92 Å². The first kappa shape index (κ1) is 21.7. The molecule has 144 valence electrons. The molecule has 1 heterocycles. The number of hydrogen-bond acceptors (Lipinski definition) is 6. The third kappa shape index (κ3) is 11.0. The number of aryl methyl sites for hydroxylation is 1. The molecule has 1 rings (SSSR count). The monoisotopic (exact) mass is 355 g/mol. The molecular weight excluding hydrogens is 322 g/mol. The zero-order valence-electron chi connectivity index (χ0n) is 15.9. The molecule has 0 fully saturated rings. The number of carbonyl (C=O) groups is 1. The Morgan fingerprint density at radius 3 is 2.36 bits per heavy atom. The molecule has 1 aromatic heterocycles. The van der Waals surface area contributed by atoms with Crippen LogP contribution in [-0.2, 0) is 32.0 Å². The Bertz CT molecular complexity index is 463. The zero-order valence-corrected chi connectivity index (χ0v) is 15.9. The minimum absolute atomic E-state index is 0.0810. The smallest absolute Gasteiger partial charge is 0.137 e. The van der Waals surface area contributed by atoms with Gasteiger partial charge in [-0.2, -0.15) is 0 Å². The second-order valence-electron chi connectivity index (χ2n) is 6.28. The predicted molar refractivity (Wildman–Crippen MR) is 95.6 cm³/mol. The molecule has 0 aliphatic heterocycles. The number of ketones is 1. The summed E-state index contributed by atoms with van der Waals surface area (Å²) in [4.78, 5) is 11.4. The Balaban J connectivity index is 1.87. The average molecular weight is 355 g/mol. The quantitative estimate of drug-likeness (QED) is 0.424. The normalized spacial score (nSPS) is 11.4. The first-order valence-electron chi connectivity index (χ1n) is 9.28. The highest BCUT2D eigenvalue weighted by Gasteiger charge is 2.06. The van der Waals surface area contributed by atoms with E-state index in [1.54, 1.807) is 0 Å². The fourth-order valence-corrected chi connectivity index (χ4v) is 2.08. The van der Waals surface area contributed by atoms with Crippen LogP contribution in [0.4, 0.5) is 0 Å². The predicted octanol–water partition coefficient (Wildman–Crippen LogP) is 2.29. The van der Waals surface area contributed by atoms with Crippen LogP contribution in [-0.4, -0.2) is 60.4 Å². The lowest BCUT2D eigenvalue weighted by atomic mass is 10.1. The van der Waals surface area contributed by atoms with E-state index in [9.17, 15) is 4.79 Å². The van der Waals surface area contributed by atoms with Crippen LogP contribution in [0.25, 0.3) is 0 Å². The minimum atomic E-state index is 0.0810. The van der Waals surface area contributed by atoms with E-state index in [1.165, 1.54) is 0 Å². The van der Waals surface area contributed by atoms with E-state index in [2.05, 4.69) is 17.2 Å². The molecule has 0 amide bonds. The Morgan fingerprint density at radius 2 is 1.72 bits per heavy atom. The van der Waals surface area contributed by atoms with Crippen LogP contribution < -0.4 is 0 Å². The highest BCUT2D eigenvalue weighted by atomic mass is 16.5. The van der Waals surface area contributed by atoms with E-state index in [4.69, 9.17) is 14.2 Å². The average Bonchev–Trinajstić information content (AvgIpc) is 3.05. The van der Waals surface area contributed by atoms with Crippen LogP contribution >= 0.6 is 0 Å². The number of nitrogens with zero attached hydrogens (tertiary/aromatic N) is 3. The van der Waals surface area contributed by atoms with Crippen LogP contribution in [0.2, 0.25) is 0 Å². The molecule has 0 bridgehead atoms. The summed E-state index contributed by atoms with van der Waals surface area (Å²) in [6.45, 7) is 9.83. The van der Waals surface area contributed by atoms with Gasteiger partial charge >= 0.3 is 0 Å². The van der Waals surface area contributed by atoms with Crippen molar-refractivity contribution in [2.45, 2.75) is 53.0 Å². The van der Waals surface area contributed by atoms with Crippen LogP contribution in [0.5, 0.6) is 0 Å². The maximum atomic E-state index is 11.4. The molecule has 0 aromatic carbocycles. The molecule has 0 aliphatic rings. The van der Waals surface area contributed by atoms with Gasteiger partial charge in [0.15, 0.2) is 0 Å². The lowest BCUT2D eigenvalue weighted by Crippen LogP contribution is -2.14. The summed E-state index contributed by atoms with van der Waals surface area (Å²) < 4.78 is 18.1. The molecule has 25 heavy (non-hydrogen) atoms. The number of unbranched alkanes of at least 4 members (excludes halogenated alkanes) is 1. The number of rotatable bonds is 16. The van der Waals surface area contributed by atoms with Crippen molar-refractivity contribution < 1.29 is 19.0 Å². The van der Waals surface area contributed by atoms with E-state index in [0.717, 1.165) is 25.0 Å². The van der Waals surface area contributed by atoms with Crippen molar-refractivity contribution in [1.82, 2.24) is 15.0 Å². The number of carbonyl (C=O) groups excluding carboxylic acids is 1. The Morgan fingerprint density at radius 1 is 1.08 bits per heavy atom. The Kier molecular flexibility index (Phi) is 12.1. The second-order valence-corrected chi connectivity index (χ2v) is 6.28. The van der Waals surface area contributed by atoms with Crippen LogP contribution in [0, 0.1) is 5.92 Å². The number of Topliss-reactive ketones (excluding diaryl/α,β-unsaturated/α-hetero) is 1. The zero-order chi connectivity index (χ0) is 18.3. The highest BCUT2D eigenvalue weighted by molar-refractivity contribution is 5.80. The van der Waals surface area contributed by atoms with Crippen LogP contribution in [0.15, 0.2) is 6.20 Å². The van der Waals surface area contributed by atoms with Crippen molar-refractivity contribution in [2.75, 3.05) is 39.6 Å². The van der Waals surface area contributed by atoms with Gasteiger partial charge in [0.1, 0.15) is 5.78 Å². The van der Waals surface area contributed by atoms with Crippen molar-refractivity contribution in [3.63, 3.8) is 0 Å². The number of aromatic nitrogens is 3. The third-order valence-electron chi connectivity index (χ3n) is 3.72. The molecule has 0 N–H and O–H groups in total. The van der Waals surface area contributed by atoms with E-state index in [-0.39, 0.29) is 11.7 Å². The number of hydrogen-bond donors (Lipinski definition) is 0. The summed E-state index contributed by atoms with van der Waals surface area (Å²) in [6, 6.07) is 0. The summed E-state index contributed by atoms with van der Waals surface area (Å²) in [5.74, 6) is 0.316. The van der Waals surface area contributed by atoms with Gasteiger partial charge in [0.05, 0.1) is 51.9 Å². The van der Waals surface area contributed by atoms with Gasteiger partial charge in [0.2, 0.25) is 0 Å². The van der Waals surface area contributed by atoms with Gasteiger partial charge in [0, 0.05) is 18.5 Å². The maximum absolute atomic E-state index is 11.4. The van der Waals surface area contributed by atoms with E-state index in [1.807, 2.05) is 24.7 Å². The van der Waals surface area contributed by atoms with Gasteiger partial charge in [-0.05, 0) is 12.8 Å². The highest BCUT2D eigenvalue weighted by Crippen LogP contribution is 2.00. The van der Waals surface area contributed by atoms with Crippen molar-refractivity contribution >= 4 is 5.78 Å². The molecule has 0 saturated carbocycles. The molecule has 0 radical (unpaired) electrons. The van der Waals surface area contributed by atoms with E-state index < -0.39 is 0 Å². The topological polar surface area (TPSA) is 75.5 Å². The van der Waals surface area contributed by atoms with Gasteiger partial charge in [0.25, 0.3) is 0 Å². The summed E-state index contributed by atoms with van der Waals surface area (Å²) in [6.07, 6.45) is 5.75. The summed E-state index contributed by atoms with van der Waals surface area (Å²) >= 11 is 0. The van der Waals surface area contributed by atoms with E-state index in [0.29, 0.717) is 52.6 Å². The molecule has 1 aromatic rings. The first-order chi connectivity index (χ1) is 12.1. The van der Waals surface area contributed by atoms with Gasteiger partial charge in [-0.25, -0.2) is 4.68 Å². The lowest BCUT2D eigenvalue weighted by Gasteiger charge is -2.07. The largest absolute Gasteiger partial charge is 0.379 e. The SMILES string of the molecule is CCCCc1cn(CCOCCOCCOCCC(=O)C(C)C)nn1. The standard InChI is InChI=1S/C18H33N3O4/c1-4-5-6-17-15-21(20-19-17)8-10-24-12-14-25-13-11-23-9-7-18(22)16(2)3/h15-16H,4-14H2,1-3H3. The Labute approximate surface area is 151 Å². The molecule has 7 heteroatoms. The molecule has 0 spiro atoms.